The van der Waals surface area contributed by atoms with Crippen LogP contribution in [0.1, 0.15) is 30.8 Å². The van der Waals surface area contributed by atoms with Gasteiger partial charge in [-0.2, -0.15) is 0 Å². The van der Waals surface area contributed by atoms with Crippen LogP contribution in [-0.4, -0.2) is 18.0 Å². The number of nitrogens with one attached hydrogen (secondary N) is 1. The monoisotopic (exact) mass is 404 g/mol. The van der Waals surface area contributed by atoms with Gasteiger partial charge >= 0.3 is 0 Å². The van der Waals surface area contributed by atoms with Gasteiger partial charge in [0.2, 0.25) is 5.91 Å². The van der Waals surface area contributed by atoms with Gasteiger partial charge in [0.15, 0.2) is 23.2 Å². The molecule has 1 amide bonds. The Morgan fingerprint density at radius 2 is 1.90 bits per heavy atom. The van der Waals surface area contributed by atoms with Crippen LogP contribution in [0.4, 0.5) is 13.2 Å². The molecule has 0 saturated carbocycles. The number of hydrogen-bond donors (Lipinski definition) is 1. The number of aromatic nitrogens is 1. The highest BCUT2D eigenvalue weighted by molar-refractivity contribution is 5.76. The Labute approximate surface area is 165 Å². The quantitative estimate of drug-likeness (QED) is 0.626. The van der Waals surface area contributed by atoms with Gasteiger partial charge in [0, 0.05) is 12.8 Å². The van der Waals surface area contributed by atoms with Crippen molar-refractivity contribution in [1.82, 2.24) is 10.3 Å². The van der Waals surface area contributed by atoms with E-state index < -0.39 is 23.5 Å². The smallest absolute Gasteiger partial charge is 0.220 e. The van der Waals surface area contributed by atoms with E-state index in [-0.39, 0.29) is 41.7 Å². The number of halogens is 3. The SMILES string of the molecule is COc1ccc(C(C)NC(=O)CCc2ncc(-c3c(F)cccc3F)o2)cc1F. The lowest BCUT2D eigenvalue weighted by Gasteiger charge is -2.15. The lowest BCUT2D eigenvalue weighted by Crippen LogP contribution is -2.26. The molecule has 0 fully saturated rings. The summed E-state index contributed by atoms with van der Waals surface area (Å²) in [6, 6.07) is 7.53. The number of amides is 1. The van der Waals surface area contributed by atoms with Crippen molar-refractivity contribution >= 4 is 5.91 Å². The van der Waals surface area contributed by atoms with Gasteiger partial charge in [-0.05, 0) is 36.8 Å². The van der Waals surface area contributed by atoms with Gasteiger partial charge in [0.05, 0.1) is 24.9 Å². The van der Waals surface area contributed by atoms with E-state index in [0.717, 1.165) is 12.1 Å². The maximum absolute atomic E-state index is 13.8. The van der Waals surface area contributed by atoms with E-state index in [1.165, 1.54) is 31.5 Å². The van der Waals surface area contributed by atoms with Crippen LogP contribution in [-0.2, 0) is 11.2 Å². The number of rotatable bonds is 7. The minimum absolute atomic E-state index is 0.0434. The van der Waals surface area contributed by atoms with Crippen LogP contribution in [0.5, 0.6) is 5.75 Å². The molecule has 8 heteroatoms. The van der Waals surface area contributed by atoms with E-state index in [4.69, 9.17) is 9.15 Å². The second-order valence-corrected chi connectivity index (χ2v) is 6.40. The molecule has 0 saturated heterocycles. The Morgan fingerprint density at radius 1 is 1.17 bits per heavy atom. The number of nitrogens with zero attached hydrogens (tertiary/aromatic N) is 1. The predicted octanol–water partition coefficient (Wildman–Crippen LogP) is 4.58. The van der Waals surface area contributed by atoms with Crippen molar-refractivity contribution < 1.29 is 27.1 Å². The highest BCUT2D eigenvalue weighted by Crippen LogP contribution is 2.27. The fraction of sp³-hybridized carbons (Fsp3) is 0.238. The van der Waals surface area contributed by atoms with Crippen molar-refractivity contribution in [2.45, 2.75) is 25.8 Å². The topological polar surface area (TPSA) is 64.4 Å². The Bertz CT molecular complexity index is 1000. The van der Waals surface area contributed by atoms with Gasteiger partial charge in [0.1, 0.15) is 11.6 Å². The number of aryl methyl sites for hydroxylation is 1. The zero-order valence-electron chi connectivity index (χ0n) is 15.8. The van der Waals surface area contributed by atoms with Gasteiger partial charge in [-0.25, -0.2) is 18.2 Å². The normalized spacial score (nSPS) is 11.9. The Balaban J connectivity index is 1.59. The van der Waals surface area contributed by atoms with Crippen LogP contribution < -0.4 is 10.1 Å². The standard InChI is InChI=1S/C21H19F3N2O3/c1-12(13-6-7-17(28-2)16(24)10-13)26-19(27)8-9-20-25-11-18(29-20)21-14(22)4-3-5-15(21)23/h3-7,10-12H,8-9H2,1-2H3,(H,26,27). The third-order valence-electron chi connectivity index (χ3n) is 4.38. The molecule has 0 aliphatic heterocycles. The first-order valence-corrected chi connectivity index (χ1v) is 8.91. The van der Waals surface area contributed by atoms with E-state index in [1.807, 2.05) is 0 Å². The van der Waals surface area contributed by atoms with Crippen molar-refractivity contribution in [3.63, 3.8) is 0 Å². The summed E-state index contributed by atoms with van der Waals surface area (Å²) in [5.41, 5.74) is 0.288. The zero-order chi connectivity index (χ0) is 21.0. The average Bonchev–Trinajstić information content (AvgIpc) is 3.14. The van der Waals surface area contributed by atoms with Crippen molar-refractivity contribution in [2.24, 2.45) is 0 Å². The molecule has 5 nitrogen and oxygen atoms in total. The van der Waals surface area contributed by atoms with Crippen LogP contribution in [0.25, 0.3) is 11.3 Å². The summed E-state index contributed by atoms with van der Waals surface area (Å²) in [7, 11) is 1.37. The summed E-state index contributed by atoms with van der Waals surface area (Å²) < 4.78 is 51.7. The molecule has 1 atom stereocenters. The van der Waals surface area contributed by atoms with E-state index in [0.29, 0.717) is 5.56 Å². The molecular weight excluding hydrogens is 385 g/mol. The number of carbonyl (C=O) groups is 1. The number of methoxy groups -OCH3 is 1. The van der Waals surface area contributed by atoms with Crippen LogP contribution in [0.2, 0.25) is 0 Å². The molecule has 1 N–H and O–H groups in total. The molecule has 3 aromatic rings. The highest BCUT2D eigenvalue weighted by atomic mass is 19.1. The van der Waals surface area contributed by atoms with Crippen LogP contribution in [0.3, 0.4) is 0 Å². The van der Waals surface area contributed by atoms with Gasteiger partial charge in [-0.1, -0.05) is 12.1 Å². The third kappa shape index (κ3) is 4.77. The maximum atomic E-state index is 13.8. The molecule has 3 rings (SSSR count). The van der Waals surface area contributed by atoms with Crippen molar-refractivity contribution in [3.8, 4) is 17.1 Å². The molecule has 1 aromatic heterocycles. The molecule has 0 spiro atoms. The van der Waals surface area contributed by atoms with E-state index in [9.17, 15) is 18.0 Å². The molecule has 152 valence electrons. The third-order valence-corrected chi connectivity index (χ3v) is 4.38. The van der Waals surface area contributed by atoms with Crippen LogP contribution in [0, 0.1) is 17.5 Å². The number of hydrogen-bond acceptors (Lipinski definition) is 4. The minimum atomic E-state index is -0.758. The molecule has 0 radical (unpaired) electrons. The summed E-state index contributed by atoms with van der Waals surface area (Å²) in [5.74, 6) is -2.07. The maximum Gasteiger partial charge on any atom is 0.220 e. The summed E-state index contributed by atoms with van der Waals surface area (Å²) >= 11 is 0. The molecular formula is C21H19F3N2O3. The fourth-order valence-electron chi connectivity index (χ4n) is 2.84. The summed E-state index contributed by atoms with van der Waals surface area (Å²) in [4.78, 5) is 16.1. The Kier molecular flexibility index (Phi) is 6.21. The second kappa shape index (κ2) is 8.81. The lowest BCUT2D eigenvalue weighted by atomic mass is 10.1. The number of carbonyl (C=O) groups excluding carboxylic acids is 1. The molecule has 0 aliphatic rings. The van der Waals surface area contributed by atoms with Crippen LogP contribution >= 0.6 is 0 Å². The summed E-state index contributed by atoms with van der Waals surface area (Å²) in [5, 5.41) is 2.75. The fourth-order valence-corrected chi connectivity index (χ4v) is 2.84. The number of benzene rings is 2. The minimum Gasteiger partial charge on any atom is -0.494 e. The summed E-state index contributed by atoms with van der Waals surface area (Å²) in [6.45, 7) is 1.73. The van der Waals surface area contributed by atoms with E-state index in [2.05, 4.69) is 10.3 Å². The Morgan fingerprint density at radius 3 is 2.55 bits per heavy atom. The molecule has 29 heavy (non-hydrogen) atoms. The molecule has 1 unspecified atom stereocenters. The van der Waals surface area contributed by atoms with E-state index in [1.54, 1.807) is 13.0 Å². The van der Waals surface area contributed by atoms with Gasteiger partial charge in [0.25, 0.3) is 0 Å². The zero-order valence-corrected chi connectivity index (χ0v) is 15.8. The highest BCUT2D eigenvalue weighted by Gasteiger charge is 2.17. The first-order valence-electron chi connectivity index (χ1n) is 8.91. The molecule has 2 aromatic carbocycles. The molecule has 1 heterocycles. The first kappa shape index (κ1) is 20.4. The van der Waals surface area contributed by atoms with Crippen LogP contribution in [0.15, 0.2) is 47.0 Å². The van der Waals surface area contributed by atoms with E-state index >= 15 is 0 Å². The lowest BCUT2D eigenvalue weighted by molar-refractivity contribution is -0.121. The van der Waals surface area contributed by atoms with Gasteiger partial charge < -0.3 is 14.5 Å². The summed E-state index contributed by atoms with van der Waals surface area (Å²) in [6.07, 6.45) is 1.41. The van der Waals surface area contributed by atoms with Gasteiger partial charge in [-0.15, -0.1) is 0 Å². The molecule has 0 bridgehead atoms. The largest absolute Gasteiger partial charge is 0.494 e. The van der Waals surface area contributed by atoms with Crippen molar-refractivity contribution in [3.05, 3.63) is 71.5 Å². The number of ether oxygens (including phenoxy) is 1. The second-order valence-electron chi connectivity index (χ2n) is 6.40. The molecule has 0 aliphatic carbocycles. The van der Waals surface area contributed by atoms with Crippen molar-refractivity contribution in [1.29, 1.82) is 0 Å². The van der Waals surface area contributed by atoms with Gasteiger partial charge in [-0.3, -0.25) is 4.79 Å². The number of oxazole rings is 1. The first-order chi connectivity index (χ1) is 13.9. The predicted molar refractivity (Wildman–Crippen MR) is 99.7 cm³/mol. The van der Waals surface area contributed by atoms with Crippen molar-refractivity contribution in [2.75, 3.05) is 7.11 Å². The Hall–Kier alpha value is -3.29. The average molecular weight is 404 g/mol.